The van der Waals surface area contributed by atoms with Crippen LogP contribution in [0.15, 0.2) is 24.3 Å². The van der Waals surface area contributed by atoms with E-state index < -0.39 is 87.9 Å². The van der Waals surface area contributed by atoms with E-state index in [4.69, 9.17) is 18.5 Å². The number of hydrogen-bond donors (Lipinski definition) is 8. The smallest absolute Gasteiger partial charge is 0.462 e. The molecule has 0 amide bonds. The minimum Gasteiger partial charge on any atom is -0.462 e. The van der Waals surface area contributed by atoms with E-state index in [1.807, 2.05) is 12.2 Å². The number of rotatable bonds is 38. The highest BCUT2D eigenvalue weighted by Gasteiger charge is 2.51. The summed E-state index contributed by atoms with van der Waals surface area (Å²) in [7, 11) is -5.16. The van der Waals surface area contributed by atoms with Crippen LogP contribution in [0, 0.1) is 0 Å². The highest BCUT2D eigenvalue weighted by Crippen LogP contribution is 2.47. The summed E-state index contributed by atoms with van der Waals surface area (Å²) in [5.74, 6) is -1.21. The third-order valence-corrected chi connectivity index (χ3v) is 12.0. The lowest BCUT2D eigenvalue weighted by molar-refractivity contribution is -0.220. The van der Waals surface area contributed by atoms with Gasteiger partial charge in [0.25, 0.3) is 0 Å². The highest BCUT2D eigenvalue weighted by atomic mass is 31.2. The Kier molecular flexibility index (Phi) is 33.4. The molecular weight excluding hydrogens is 811 g/mol. The zero-order chi connectivity index (χ0) is 45.3. The maximum Gasteiger partial charge on any atom is 0.472 e. The van der Waals surface area contributed by atoms with Crippen LogP contribution in [0.3, 0.4) is 0 Å². The van der Waals surface area contributed by atoms with Crippen molar-refractivity contribution in [2.75, 3.05) is 13.2 Å². The van der Waals surface area contributed by atoms with Crippen LogP contribution in [0.1, 0.15) is 181 Å². The average Bonchev–Trinajstić information content (AvgIpc) is 3.23. The Labute approximate surface area is 365 Å². The van der Waals surface area contributed by atoms with Gasteiger partial charge in [-0.15, -0.1) is 0 Å². The van der Waals surface area contributed by atoms with Crippen molar-refractivity contribution in [3.8, 4) is 0 Å². The topological polar surface area (TPSA) is 250 Å². The number of esters is 2. The number of aliphatic hydroxyl groups excluding tert-OH is 7. The van der Waals surface area contributed by atoms with Gasteiger partial charge in [0.2, 0.25) is 0 Å². The van der Waals surface area contributed by atoms with Gasteiger partial charge in [0, 0.05) is 12.8 Å². The standard InChI is InChI=1S/C45H83O15P/c1-3-5-7-9-11-12-13-14-15-16-17-18-19-23-27-31-38(48)57-33-35(34-58-61(55,56)60-45-43(53)41(51)40(50)42(52)44(45)54)59-39(49)32-28-24-20-22-26-30-37(47)36(46)29-25-21-10-8-6-4-2/h12-13,21,25,35-37,40-47,50-54H,3-11,14-20,22-24,26-34H2,1-2H3,(H,55,56)/b13-12-,25-21-/t35-,36+,37+,40?,41-,42+,43-,44-,45?/m1/s1. The maximum atomic E-state index is 12.8. The summed E-state index contributed by atoms with van der Waals surface area (Å²) in [5, 5.41) is 70.6. The van der Waals surface area contributed by atoms with Crippen LogP contribution in [-0.2, 0) is 32.7 Å². The molecule has 0 aromatic carbocycles. The van der Waals surface area contributed by atoms with Crippen LogP contribution in [-0.4, -0.2) is 121 Å². The summed E-state index contributed by atoms with van der Waals surface area (Å²) in [6, 6.07) is 0. The molecule has 1 aliphatic carbocycles. The van der Waals surface area contributed by atoms with Crippen molar-refractivity contribution in [1.82, 2.24) is 0 Å². The Balaban J connectivity index is 2.52. The molecule has 3 unspecified atom stereocenters. The minimum atomic E-state index is -5.16. The van der Waals surface area contributed by atoms with Crippen molar-refractivity contribution in [3.63, 3.8) is 0 Å². The molecule has 0 saturated heterocycles. The molecule has 61 heavy (non-hydrogen) atoms. The molecule has 10 atom stereocenters. The van der Waals surface area contributed by atoms with Gasteiger partial charge in [-0.25, -0.2) is 4.57 Å². The second kappa shape index (κ2) is 35.6. The van der Waals surface area contributed by atoms with Crippen LogP contribution < -0.4 is 0 Å². The van der Waals surface area contributed by atoms with Gasteiger partial charge in [-0.3, -0.25) is 18.6 Å². The second-order valence-electron chi connectivity index (χ2n) is 16.6. The molecule has 0 aromatic rings. The van der Waals surface area contributed by atoms with E-state index in [0.717, 1.165) is 70.6 Å². The molecule has 0 radical (unpaired) electrons. The van der Waals surface area contributed by atoms with E-state index in [9.17, 15) is 54.8 Å². The van der Waals surface area contributed by atoms with Crippen molar-refractivity contribution in [1.29, 1.82) is 0 Å². The Morgan fingerprint density at radius 3 is 1.57 bits per heavy atom. The monoisotopic (exact) mass is 895 g/mol. The predicted octanol–water partition coefficient (Wildman–Crippen LogP) is 6.78. The molecule has 16 heteroatoms. The second-order valence-corrected chi connectivity index (χ2v) is 18.0. The number of hydrogen-bond acceptors (Lipinski definition) is 14. The molecule has 0 aliphatic heterocycles. The molecule has 0 aromatic heterocycles. The lowest BCUT2D eigenvalue weighted by atomic mass is 9.85. The lowest BCUT2D eigenvalue weighted by Crippen LogP contribution is -2.64. The van der Waals surface area contributed by atoms with Crippen LogP contribution in [0.2, 0.25) is 0 Å². The fourth-order valence-electron chi connectivity index (χ4n) is 7.01. The quantitative estimate of drug-likeness (QED) is 0.0138. The van der Waals surface area contributed by atoms with Crippen molar-refractivity contribution in [2.45, 2.75) is 236 Å². The van der Waals surface area contributed by atoms with Gasteiger partial charge >= 0.3 is 19.8 Å². The Hall–Kier alpha value is -1.75. The molecular formula is C45H83O15P. The molecule has 1 rings (SSSR count). The summed E-state index contributed by atoms with van der Waals surface area (Å²) in [5.41, 5.74) is 0. The normalized spacial score (nSPS) is 23.2. The first-order chi connectivity index (χ1) is 29.2. The van der Waals surface area contributed by atoms with Crippen molar-refractivity contribution in [2.24, 2.45) is 0 Å². The molecule has 358 valence electrons. The number of aliphatic hydroxyl groups is 7. The summed E-state index contributed by atoms with van der Waals surface area (Å²) >= 11 is 0. The molecule has 1 aliphatic rings. The fourth-order valence-corrected chi connectivity index (χ4v) is 7.98. The molecule has 1 saturated carbocycles. The zero-order valence-electron chi connectivity index (χ0n) is 37.2. The van der Waals surface area contributed by atoms with Gasteiger partial charge in [0.05, 0.1) is 18.8 Å². The number of carbonyl (C=O) groups is 2. The van der Waals surface area contributed by atoms with Gasteiger partial charge in [0.15, 0.2) is 6.10 Å². The number of unbranched alkanes of at least 4 members (excludes halogenated alkanes) is 18. The molecule has 0 heterocycles. The van der Waals surface area contributed by atoms with E-state index in [0.29, 0.717) is 38.5 Å². The number of phosphoric acid groups is 1. The number of allylic oxidation sites excluding steroid dienone is 3. The largest absolute Gasteiger partial charge is 0.472 e. The summed E-state index contributed by atoms with van der Waals surface area (Å²) in [6.07, 6.45) is 16.7. The first-order valence-electron chi connectivity index (χ1n) is 23.3. The van der Waals surface area contributed by atoms with Gasteiger partial charge in [-0.05, 0) is 64.2 Å². The van der Waals surface area contributed by atoms with Crippen molar-refractivity contribution < 1.29 is 73.3 Å². The number of ether oxygens (including phenoxy) is 2. The minimum absolute atomic E-state index is 0.00193. The van der Waals surface area contributed by atoms with Gasteiger partial charge in [-0.2, -0.15) is 0 Å². The van der Waals surface area contributed by atoms with Crippen LogP contribution in [0.25, 0.3) is 0 Å². The first kappa shape index (κ1) is 57.3. The van der Waals surface area contributed by atoms with Crippen LogP contribution in [0.4, 0.5) is 0 Å². The molecule has 0 bridgehead atoms. The zero-order valence-corrected chi connectivity index (χ0v) is 38.1. The third kappa shape index (κ3) is 27.9. The molecule has 0 spiro atoms. The van der Waals surface area contributed by atoms with Gasteiger partial charge in [0.1, 0.15) is 43.2 Å². The van der Waals surface area contributed by atoms with Crippen LogP contribution in [0.5, 0.6) is 0 Å². The van der Waals surface area contributed by atoms with E-state index in [1.54, 1.807) is 0 Å². The fraction of sp³-hybridized carbons (Fsp3) is 0.867. The van der Waals surface area contributed by atoms with E-state index in [2.05, 4.69) is 26.0 Å². The highest BCUT2D eigenvalue weighted by molar-refractivity contribution is 7.47. The van der Waals surface area contributed by atoms with E-state index >= 15 is 0 Å². The summed E-state index contributed by atoms with van der Waals surface area (Å²) in [4.78, 5) is 35.7. The number of phosphoric ester groups is 1. The average molecular weight is 895 g/mol. The van der Waals surface area contributed by atoms with Gasteiger partial charge in [-0.1, -0.05) is 128 Å². The third-order valence-electron chi connectivity index (χ3n) is 11.0. The Bertz CT molecular complexity index is 1200. The Morgan fingerprint density at radius 2 is 1.00 bits per heavy atom. The van der Waals surface area contributed by atoms with Crippen molar-refractivity contribution >= 4 is 19.8 Å². The molecule has 15 nitrogen and oxygen atoms in total. The van der Waals surface area contributed by atoms with Crippen LogP contribution >= 0.6 is 7.82 Å². The predicted molar refractivity (Wildman–Crippen MR) is 233 cm³/mol. The van der Waals surface area contributed by atoms with Crippen molar-refractivity contribution in [3.05, 3.63) is 24.3 Å². The summed E-state index contributed by atoms with van der Waals surface area (Å²) in [6.45, 7) is 3.09. The molecule has 8 N–H and O–H groups in total. The van der Waals surface area contributed by atoms with Gasteiger partial charge < -0.3 is 50.1 Å². The van der Waals surface area contributed by atoms with E-state index in [-0.39, 0.29) is 12.8 Å². The SMILES string of the molecule is CCCCC/C=C\C[C@H](O)[C@@H](O)CCCCCCCC(=O)O[C@H](COC(=O)CCCCCCCCC/C=C\CCCCCC)COP(=O)(O)OC1[C@H](O)[C@H](O)C(O)[C@H](O)[C@H]1O. The Morgan fingerprint density at radius 1 is 0.557 bits per heavy atom. The lowest BCUT2D eigenvalue weighted by Gasteiger charge is -2.41. The molecule has 1 fully saturated rings. The number of carbonyl (C=O) groups excluding carboxylic acids is 2. The first-order valence-corrected chi connectivity index (χ1v) is 24.8. The van der Waals surface area contributed by atoms with E-state index in [1.165, 1.54) is 44.9 Å². The summed E-state index contributed by atoms with van der Waals surface area (Å²) < 4.78 is 33.4. The maximum absolute atomic E-state index is 12.8.